The maximum Gasteiger partial charge on any atom is 0.366 e. The first-order valence-electron chi connectivity index (χ1n) is 5.92. The van der Waals surface area contributed by atoms with Crippen LogP contribution >= 0.6 is 0 Å². The highest BCUT2D eigenvalue weighted by atomic mass is 16.6. The lowest BCUT2D eigenvalue weighted by molar-refractivity contribution is -0.140. The van der Waals surface area contributed by atoms with Gasteiger partial charge in [-0.3, -0.25) is 5.43 Å². The van der Waals surface area contributed by atoms with Crippen molar-refractivity contribution in [2.24, 2.45) is 5.10 Å². The Morgan fingerprint density at radius 1 is 1.05 bits per heavy atom. The number of nitrogens with zero attached hydrogens (tertiary/aromatic N) is 1. The molecule has 1 rings (SSSR count). The van der Waals surface area contributed by atoms with Crippen LogP contribution in [0, 0.1) is 0 Å². The molecule has 0 aliphatic heterocycles. The van der Waals surface area contributed by atoms with Crippen LogP contribution in [0.2, 0.25) is 0 Å². The molecule has 0 aliphatic carbocycles. The van der Waals surface area contributed by atoms with Gasteiger partial charge in [-0.15, -0.1) is 0 Å². The molecule has 0 radical (unpaired) electrons. The highest BCUT2D eigenvalue weighted by molar-refractivity contribution is 6.62. The molecule has 0 spiro atoms. The van der Waals surface area contributed by atoms with Crippen LogP contribution in [-0.4, -0.2) is 30.9 Å². The molecule has 0 fully saturated rings. The molecular formula is C13H16N2O4. The number of anilines is 1. The maximum atomic E-state index is 11.6. The summed E-state index contributed by atoms with van der Waals surface area (Å²) in [5.41, 5.74) is 2.85. The van der Waals surface area contributed by atoms with Crippen molar-refractivity contribution in [2.75, 3.05) is 18.6 Å². The Morgan fingerprint density at radius 2 is 1.58 bits per heavy atom. The van der Waals surface area contributed by atoms with Crippen molar-refractivity contribution >= 4 is 23.3 Å². The monoisotopic (exact) mass is 264 g/mol. The molecule has 0 atom stereocenters. The van der Waals surface area contributed by atoms with Gasteiger partial charge in [-0.25, -0.2) is 9.59 Å². The van der Waals surface area contributed by atoms with Crippen LogP contribution in [0.25, 0.3) is 0 Å². The van der Waals surface area contributed by atoms with Crippen molar-refractivity contribution in [3.63, 3.8) is 0 Å². The fourth-order valence-electron chi connectivity index (χ4n) is 1.21. The third-order valence-electron chi connectivity index (χ3n) is 2.01. The Morgan fingerprint density at radius 3 is 2.05 bits per heavy atom. The van der Waals surface area contributed by atoms with E-state index < -0.39 is 17.7 Å². The van der Waals surface area contributed by atoms with Crippen molar-refractivity contribution in [1.82, 2.24) is 0 Å². The summed E-state index contributed by atoms with van der Waals surface area (Å²) in [6, 6.07) is 8.93. The Kier molecular flexibility index (Phi) is 6.08. The summed E-state index contributed by atoms with van der Waals surface area (Å²) < 4.78 is 9.50. The summed E-state index contributed by atoms with van der Waals surface area (Å²) in [7, 11) is 0. The largest absolute Gasteiger partial charge is 0.461 e. The van der Waals surface area contributed by atoms with Crippen molar-refractivity contribution < 1.29 is 19.1 Å². The average molecular weight is 264 g/mol. The smallest absolute Gasteiger partial charge is 0.366 e. The number of benzene rings is 1. The quantitative estimate of drug-likeness (QED) is 0.365. The molecule has 102 valence electrons. The first-order valence-corrected chi connectivity index (χ1v) is 5.92. The zero-order valence-electron chi connectivity index (χ0n) is 10.9. The molecule has 1 N–H and O–H groups in total. The van der Waals surface area contributed by atoms with E-state index in [2.05, 4.69) is 10.5 Å². The molecule has 19 heavy (non-hydrogen) atoms. The maximum absolute atomic E-state index is 11.6. The SMILES string of the molecule is CCOC(=O)C(=NNc1ccccc1)C(=O)OCC. The predicted octanol–water partition coefficient (Wildman–Crippen LogP) is 1.58. The Balaban J connectivity index is 2.83. The summed E-state index contributed by atoms with van der Waals surface area (Å²) >= 11 is 0. The van der Waals surface area contributed by atoms with E-state index in [1.807, 2.05) is 6.07 Å². The van der Waals surface area contributed by atoms with E-state index in [0.717, 1.165) is 0 Å². The van der Waals surface area contributed by atoms with E-state index in [4.69, 9.17) is 9.47 Å². The van der Waals surface area contributed by atoms with Gasteiger partial charge < -0.3 is 9.47 Å². The van der Waals surface area contributed by atoms with E-state index in [9.17, 15) is 9.59 Å². The van der Waals surface area contributed by atoms with Crippen LogP contribution in [0.1, 0.15) is 13.8 Å². The van der Waals surface area contributed by atoms with E-state index >= 15 is 0 Å². The number of ether oxygens (including phenoxy) is 2. The molecule has 1 aromatic rings. The van der Waals surface area contributed by atoms with Crippen LogP contribution in [-0.2, 0) is 19.1 Å². The van der Waals surface area contributed by atoms with Gasteiger partial charge in [0.25, 0.3) is 5.71 Å². The van der Waals surface area contributed by atoms with Gasteiger partial charge in [0.15, 0.2) is 0 Å². The van der Waals surface area contributed by atoms with Gasteiger partial charge in [0.05, 0.1) is 18.9 Å². The van der Waals surface area contributed by atoms with Crippen LogP contribution in [0.3, 0.4) is 0 Å². The lowest BCUT2D eigenvalue weighted by Gasteiger charge is -2.06. The van der Waals surface area contributed by atoms with Gasteiger partial charge in [0.2, 0.25) is 0 Å². The number of carbonyl (C=O) groups excluding carboxylic acids is 2. The molecule has 0 saturated heterocycles. The minimum absolute atomic E-state index is 0.155. The number of para-hydroxylation sites is 1. The Labute approximate surface area is 111 Å². The Bertz CT molecular complexity index is 437. The highest BCUT2D eigenvalue weighted by Gasteiger charge is 2.23. The third-order valence-corrected chi connectivity index (χ3v) is 2.01. The van der Waals surface area contributed by atoms with Crippen LogP contribution in [0.5, 0.6) is 0 Å². The van der Waals surface area contributed by atoms with Crippen molar-refractivity contribution in [3.05, 3.63) is 30.3 Å². The second-order valence-corrected chi connectivity index (χ2v) is 3.38. The van der Waals surface area contributed by atoms with E-state index in [1.165, 1.54) is 0 Å². The highest BCUT2D eigenvalue weighted by Crippen LogP contribution is 2.05. The predicted molar refractivity (Wildman–Crippen MR) is 70.8 cm³/mol. The molecule has 0 saturated carbocycles. The second kappa shape index (κ2) is 7.86. The fraction of sp³-hybridized carbons (Fsp3) is 0.308. The van der Waals surface area contributed by atoms with Gasteiger partial charge in [0, 0.05) is 0 Å². The van der Waals surface area contributed by atoms with Gasteiger partial charge >= 0.3 is 11.9 Å². The molecular weight excluding hydrogens is 248 g/mol. The fourth-order valence-corrected chi connectivity index (χ4v) is 1.21. The molecule has 0 aliphatic rings. The number of esters is 2. The number of hydrazone groups is 1. The average Bonchev–Trinajstić information content (AvgIpc) is 2.41. The molecule has 0 unspecified atom stereocenters. The van der Waals surface area contributed by atoms with Crippen LogP contribution < -0.4 is 5.43 Å². The summed E-state index contributed by atoms with van der Waals surface area (Å²) in [6.45, 7) is 3.60. The van der Waals surface area contributed by atoms with Gasteiger partial charge in [-0.1, -0.05) is 18.2 Å². The van der Waals surface area contributed by atoms with Crippen LogP contribution in [0.4, 0.5) is 5.69 Å². The van der Waals surface area contributed by atoms with Crippen LogP contribution in [0.15, 0.2) is 35.4 Å². The number of carbonyl (C=O) groups is 2. The molecule has 0 heterocycles. The number of hydrogen-bond acceptors (Lipinski definition) is 6. The zero-order chi connectivity index (χ0) is 14.1. The first kappa shape index (κ1) is 14.7. The third kappa shape index (κ3) is 4.79. The number of hydrogen-bond donors (Lipinski definition) is 1. The lowest BCUT2D eigenvalue weighted by atomic mass is 10.3. The topological polar surface area (TPSA) is 77.0 Å². The van der Waals surface area contributed by atoms with E-state index in [1.54, 1.807) is 38.1 Å². The number of nitrogens with one attached hydrogen (secondary N) is 1. The van der Waals surface area contributed by atoms with Crippen molar-refractivity contribution in [1.29, 1.82) is 0 Å². The van der Waals surface area contributed by atoms with E-state index in [-0.39, 0.29) is 13.2 Å². The normalized spacial score (nSPS) is 9.37. The summed E-state index contributed by atoms with van der Waals surface area (Å²) in [4.78, 5) is 23.2. The minimum Gasteiger partial charge on any atom is -0.461 e. The van der Waals surface area contributed by atoms with Gasteiger partial charge in [0.1, 0.15) is 0 Å². The van der Waals surface area contributed by atoms with Gasteiger partial charge in [-0.2, -0.15) is 5.10 Å². The van der Waals surface area contributed by atoms with Crippen molar-refractivity contribution in [2.45, 2.75) is 13.8 Å². The molecule has 6 heteroatoms. The number of rotatable bonds is 6. The second-order valence-electron chi connectivity index (χ2n) is 3.38. The molecule has 6 nitrogen and oxygen atoms in total. The first-order chi connectivity index (χ1) is 9.19. The molecule has 0 aromatic heterocycles. The lowest BCUT2D eigenvalue weighted by Crippen LogP contribution is -2.29. The zero-order valence-corrected chi connectivity index (χ0v) is 10.9. The molecule has 1 aromatic carbocycles. The summed E-state index contributed by atoms with van der Waals surface area (Å²) in [5.74, 6) is -1.63. The van der Waals surface area contributed by atoms with E-state index in [0.29, 0.717) is 5.69 Å². The summed E-state index contributed by atoms with van der Waals surface area (Å²) in [5, 5.41) is 3.75. The summed E-state index contributed by atoms with van der Waals surface area (Å²) in [6.07, 6.45) is 0. The molecule has 0 bridgehead atoms. The standard InChI is InChI=1S/C13H16N2O4/c1-3-18-12(16)11(13(17)19-4-2)15-14-10-8-6-5-7-9-10/h5-9,14H,3-4H2,1-2H3. The van der Waals surface area contributed by atoms with Crippen molar-refractivity contribution in [3.8, 4) is 0 Å². The Hall–Kier alpha value is -2.37. The molecule has 0 amide bonds. The minimum atomic E-state index is -0.815. The van der Waals surface area contributed by atoms with Gasteiger partial charge in [-0.05, 0) is 26.0 Å².